The summed E-state index contributed by atoms with van der Waals surface area (Å²) in [5.74, 6) is 2.43. The monoisotopic (exact) mass is 365 g/mol. The van der Waals surface area contributed by atoms with E-state index in [2.05, 4.69) is 19.9 Å². The van der Waals surface area contributed by atoms with Crippen LogP contribution < -0.4 is 10.3 Å². The molecule has 0 saturated heterocycles. The van der Waals surface area contributed by atoms with Crippen LogP contribution in [0.25, 0.3) is 16.9 Å². The van der Waals surface area contributed by atoms with E-state index in [0.29, 0.717) is 5.92 Å². The van der Waals surface area contributed by atoms with Gasteiger partial charge in [-0.05, 0) is 73.9 Å². The van der Waals surface area contributed by atoms with Gasteiger partial charge in [-0.2, -0.15) is 0 Å². The van der Waals surface area contributed by atoms with Crippen LogP contribution in [0.5, 0.6) is 5.75 Å². The minimum absolute atomic E-state index is 0.0684. The Morgan fingerprint density at radius 1 is 1.22 bits per heavy atom. The van der Waals surface area contributed by atoms with Gasteiger partial charge >= 0.3 is 0 Å². The quantitative estimate of drug-likeness (QED) is 0.676. The maximum absolute atomic E-state index is 13.5. The molecule has 0 N–H and O–H groups in total. The number of hydrogen-bond donors (Lipinski definition) is 0. The molecule has 0 radical (unpaired) electrons. The van der Waals surface area contributed by atoms with Gasteiger partial charge in [0.05, 0.1) is 7.11 Å². The molecule has 1 fully saturated rings. The van der Waals surface area contributed by atoms with Gasteiger partial charge in [0, 0.05) is 17.8 Å². The van der Waals surface area contributed by atoms with Crippen molar-refractivity contribution in [3.05, 3.63) is 51.4 Å². The molecule has 2 heterocycles. The van der Waals surface area contributed by atoms with Crippen LogP contribution in [0.1, 0.15) is 49.4 Å². The highest BCUT2D eigenvalue weighted by atomic mass is 16.5. The van der Waals surface area contributed by atoms with Crippen molar-refractivity contribution < 1.29 is 4.74 Å². The summed E-state index contributed by atoms with van der Waals surface area (Å²) in [6, 6.07) is 8.03. The second-order valence-corrected chi connectivity index (χ2v) is 8.02. The lowest BCUT2D eigenvalue weighted by Crippen LogP contribution is -2.27. The summed E-state index contributed by atoms with van der Waals surface area (Å²) in [5.41, 5.74) is 4.90. The van der Waals surface area contributed by atoms with Crippen LogP contribution in [0.15, 0.2) is 29.1 Å². The van der Waals surface area contributed by atoms with Crippen LogP contribution in [0.4, 0.5) is 0 Å². The number of rotatable bonds is 5. The first kappa shape index (κ1) is 17.8. The Kier molecular flexibility index (Phi) is 4.33. The molecule has 5 nitrogen and oxygen atoms in total. The van der Waals surface area contributed by atoms with Gasteiger partial charge in [0.1, 0.15) is 11.3 Å². The summed E-state index contributed by atoms with van der Waals surface area (Å²) in [6.45, 7) is 9.05. The number of nitrogens with zero attached hydrogens (tertiary/aromatic N) is 3. The van der Waals surface area contributed by atoms with E-state index < -0.39 is 0 Å². The number of aromatic nitrogens is 3. The molecule has 1 saturated carbocycles. The first-order valence-corrected chi connectivity index (χ1v) is 9.68. The SMILES string of the molecule is COc1ccc(-c2nn3c(C)cc(C(C)C)c3c(=O)n2CC2CC2)c(C)c1. The molecule has 1 aromatic carbocycles. The summed E-state index contributed by atoms with van der Waals surface area (Å²) in [5, 5.41) is 4.94. The molecule has 5 heteroatoms. The Bertz CT molecular complexity index is 1070. The Labute approximate surface area is 159 Å². The van der Waals surface area contributed by atoms with E-state index in [4.69, 9.17) is 9.84 Å². The molecular formula is C22H27N3O2. The molecule has 142 valence electrons. The average Bonchev–Trinajstić information content (AvgIpc) is 3.39. The van der Waals surface area contributed by atoms with Crippen LogP contribution in [0.2, 0.25) is 0 Å². The van der Waals surface area contributed by atoms with Crippen molar-refractivity contribution in [1.29, 1.82) is 0 Å². The maximum Gasteiger partial charge on any atom is 0.278 e. The zero-order valence-electron chi connectivity index (χ0n) is 16.7. The van der Waals surface area contributed by atoms with E-state index in [0.717, 1.165) is 46.0 Å². The van der Waals surface area contributed by atoms with E-state index in [1.807, 2.05) is 41.1 Å². The predicted molar refractivity (Wildman–Crippen MR) is 108 cm³/mol. The van der Waals surface area contributed by atoms with Crippen LogP contribution in [-0.2, 0) is 6.54 Å². The van der Waals surface area contributed by atoms with Gasteiger partial charge in [0.2, 0.25) is 0 Å². The molecule has 1 aliphatic carbocycles. The molecular weight excluding hydrogens is 338 g/mol. The summed E-state index contributed by atoms with van der Waals surface area (Å²) < 4.78 is 9.07. The molecule has 0 bridgehead atoms. The standard InChI is InChI=1S/C22H27N3O2/c1-13(2)19-11-15(4)25-20(19)22(26)24(12-16-6-7-16)21(23-25)18-9-8-17(27-5)10-14(18)3/h8-11,13,16H,6-7,12H2,1-5H3. The van der Waals surface area contributed by atoms with Gasteiger partial charge in [-0.1, -0.05) is 13.8 Å². The van der Waals surface area contributed by atoms with Crippen LogP contribution >= 0.6 is 0 Å². The van der Waals surface area contributed by atoms with Crippen molar-refractivity contribution in [2.75, 3.05) is 7.11 Å². The summed E-state index contributed by atoms with van der Waals surface area (Å²) in [7, 11) is 1.67. The van der Waals surface area contributed by atoms with Gasteiger partial charge in [-0.25, -0.2) is 4.52 Å². The van der Waals surface area contributed by atoms with Crippen molar-refractivity contribution in [3.63, 3.8) is 0 Å². The highest BCUT2D eigenvalue weighted by Gasteiger charge is 2.26. The number of methoxy groups -OCH3 is 1. The van der Waals surface area contributed by atoms with Crippen molar-refractivity contribution >= 4 is 5.52 Å². The molecule has 27 heavy (non-hydrogen) atoms. The summed E-state index contributed by atoms with van der Waals surface area (Å²) in [6.07, 6.45) is 2.38. The number of hydrogen-bond acceptors (Lipinski definition) is 3. The molecule has 0 amide bonds. The molecule has 0 spiro atoms. The number of fused-ring (bicyclic) bond motifs is 1. The van der Waals surface area contributed by atoms with Crippen LogP contribution in [-0.4, -0.2) is 21.3 Å². The third-order valence-electron chi connectivity index (χ3n) is 5.52. The lowest BCUT2D eigenvalue weighted by atomic mass is 10.0. The minimum Gasteiger partial charge on any atom is -0.497 e. The van der Waals surface area contributed by atoms with Gasteiger partial charge in [0.15, 0.2) is 5.82 Å². The third kappa shape index (κ3) is 3.05. The third-order valence-corrected chi connectivity index (χ3v) is 5.52. The van der Waals surface area contributed by atoms with Crippen molar-refractivity contribution in [2.45, 2.75) is 53.0 Å². The molecule has 3 aromatic rings. The Hall–Kier alpha value is -2.56. The lowest BCUT2D eigenvalue weighted by Gasteiger charge is -2.16. The largest absolute Gasteiger partial charge is 0.497 e. The average molecular weight is 365 g/mol. The van der Waals surface area contributed by atoms with E-state index >= 15 is 0 Å². The van der Waals surface area contributed by atoms with E-state index in [9.17, 15) is 4.79 Å². The van der Waals surface area contributed by atoms with E-state index in [1.165, 1.54) is 12.8 Å². The fourth-order valence-electron chi connectivity index (χ4n) is 3.75. The number of ether oxygens (including phenoxy) is 1. The van der Waals surface area contributed by atoms with Crippen molar-refractivity contribution in [1.82, 2.24) is 14.2 Å². The highest BCUT2D eigenvalue weighted by Crippen LogP contribution is 2.33. The van der Waals surface area contributed by atoms with Crippen molar-refractivity contribution in [2.24, 2.45) is 5.92 Å². The molecule has 2 aromatic heterocycles. The van der Waals surface area contributed by atoms with E-state index in [1.54, 1.807) is 7.11 Å². The molecule has 0 unspecified atom stereocenters. The molecule has 0 aliphatic heterocycles. The molecule has 0 atom stereocenters. The highest BCUT2D eigenvalue weighted by molar-refractivity contribution is 5.65. The van der Waals surface area contributed by atoms with Crippen LogP contribution in [0.3, 0.4) is 0 Å². The first-order valence-electron chi connectivity index (χ1n) is 9.68. The lowest BCUT2D eigenvalue weighted by molar-refractivity contribution is 0.414. The van der Waals surface area contributed by atoms with Crippen LogP contribution in [0, 0.1) is 19.8 Å². The Morgan fingerprint density at radius 3 is 2.56 bits per heavy atom. The Morgan fingerprint density at radius 2 is 1.96 bits per heavy atom. The smallest absolute Gasteiger partial charge is 0.278 e. The number of benzene rings is 1. The molecule has 4 rings (SSSR count). The van der Waals surface area contributed by atoms with Crippen molar-refractivity contribution in [3.8, 4) is 17.1 Å². The van der Waals surface area contributed by atoms with Gasteiger partial charge in [-0.15, -0.1) is 5.10 Å². The zero-order chi connectivity index (χ0) is 19.3. The topological polar surface area (TPSA) is 48.5 Å². The van der Waals surface area contributed by atoms with Gasteiger partial charge < -0.3 is 4.74 Å². The zero-order valence-corrected chi connectivity index (χ0v) is 16.7. The number of aryl methyl sites for hydroxylation is 2. The fourth-order valence-corrected chi connectivity index (χ4v) is 3.75. The molecule has 1 aliphatic rings. The van der Waals surface area contributed by atoms with Gasteiger partial charge in [-0.3, -0.25) is 9.36 Å². The Balaban J connectivity index is 2.02. The van der Waals surface area contributed by atoms with Gasteiger partial charge in [0.25, 0.3) is 5.56 Å². The fraction of sp³-hybridized carbons (Fsp3) is 0.455. The maximum atomic E-state index is 13.5. The normalized spacial score (nSPS) is 14.3. The predicted octanol–water partition coefficient (Wildman–Crippen LogP) is 4.32. The van der Waals surface area contributed by atoms with E-state index in [-0.39, 0.29) is 11.5 Å². The minimum atomic E-state index is 0.0684. The summed E-state index contributed by atoms with van der Waals surface area (Å²) >= 11 is 0. The summed E-state index contributed by atoms with van der Waals surface area (Å²) in [4.78, 5) is 13.5. The first-order chi connectivity index (χ1) is 12.9. The second kappa shape index (κ2) is 6.55. The second-order valence-electron chi connectivity index (χ2n) is 8.02.